The summed E-state index contributed by atoms with van der Waals surface area (Å²) in [5.41, 5.74) is -0.281. The van der Waals surface area contributed by atoms with Crippen molar-refractivity contribution in [2.45, 2.75) is 65.1 Å². The van der Waals surface area contributed by atoms with E-state index in [4.69, 9.17) is 32.0 Å². The highest BCUT2D eigenvalue weighted by atomic mass is 32.1. The van der Waals surface area contributed by atoms with Crippen LogP contribution in [0, 0.1) is 0 Å². The molecule has 0 radical (unpaired) electrons. The molecule has 2 rings (SSSR count). The van der Waals surface area contributed by atoms with Gasteiger partial charge < -0.3 is 14.2 Å². The van der Waals surface area contributed by atoms with Crippen LogP contribution in [0.2, 0.25) is 0 Å². The summed E-state index contributed by atoms with van der Waals surface area (Å²) in [6, 6.07) is 0. The molecule has 0 spiro atoms. The van der Waals surface area contributed by atoms with E-state index in [0.717, 1.165) is 0 Å². The van der Waals surface area contributed by atoms with E-state index in [9.17, 15) is 4.79 Å². The highest BCUT2D eigenvalue weighted by molar-refractivity contribution is 6.99. The van der Waals surface area contributed by atoms with Gasteiger partial charge in [0, 0.05) is 27.1 Å². The molecule has 0 aromatic carbocycles. The Hall–Kier alpha value is -1.67. The lowest BCUT2D eigenvalue weighted by atomic mass is 10.1. The molecule has 0 bridgehead atoms. The van der Waals surface area contributed by atoms with Crippen molar-refractivity contribution in [2.75, 3.05) is 33.4 Å². The topological polar surface area (TPSA) is 70.5 Å². The normalized spacial score (nSPS) is 29.7. The van der Waals surface area contributed by atoms with Crippen LogP contribution >= 0.6 is 11.7 Å². The fourth-order valence-electron chi connectivity index (χ4n) is 2.48. The maximum atomic E-state index is 12.0. The molecule has 1 aliphatic heterocycles. The third-order valence-corrected chi connectivity index (χ3v) is 4.16. The maximum absolute atomic E-state index is 12.0. The zero-order valence-electron chi connectivity index (χ0n) is 29.3. The second-order valence-electron chi connectivity index (χ2n) is 7.38. The molecule has 8 heteroatoms. The molecule has 1 aromatic heterocycles. The van der Waals surface area contributed by atoms with Crippen LogP contribution in [0.3, 0.4) is 0 Å². The van der Waals surface area contributed by atoms with Gasteiger partial charge in [-0.25, -0.2) is 4.79 Å². The van der Waals surface area contributed by atoms with E-state index in [-0.39, 0.29) is 23.5 Å². The first-order valence-corrected chi connectivity index (χ1v) is 9.25. The summed E-state index contributed by atoms with van der Waals surface area (Å²) in [4.78, 5) is 12.0. The van der Waals surface area contributed by atoms with Crippen LogP contribution in [0.15, 0.2) is 6.08 Å². The van der Waals surface area contributed by atoms with Crippen molar-refractivity contribution in [2.24, 2.45) is 0 Å². The summed E-state index contributed by atoms with van der Waals surface area (Å²) in [7, 11) is 1.78. The molecule has 1 unspecified atom stereocenters. The summed E-state index contributed by atoms with van der Waals surface area (Å²) < 4.78 is 126. The van der Waals surface area contributed by atoms with Gasteiger partial charge in [-0.2, -0.15) is 4.37 Å². The van der Waals surface area contributed by atoms with Crippen LogP contribution in [0.1, 0.15) is 83.0 Å². The SMILES string of the molecule is [2H]C([2H])([2H])C([2H])([2H])C([2H])([2H])C([2H])([2H])C([2H])([2H])C([2H])([2H])Oc1nsnc1C1=CCC[N+](C)(COC(=O)OC(C)(C)C)C1. The molecule has 0 fully saturated rings. The highest BCUT2D eigenvalue weighted by Gasteiger charge is 2.32. The lowest BCUT2D eigenvalue weighted by Crippen LogP contribution is -2.49. The second-order valence-corrected chi connectivity index (χ2v) is 7.91. The average molecular weight is 426 g/mol. The Balaban J connectivity index is 2.32. The Labute approximate surface area is 190 Å². The average Bonchev–Trinajstić information content (AvgIpc) is 3.23. The van der Waals surface area contributed by atoms with Gasteiger partial charge in [0.15, 0.2) is 0 Å². The summed E-state index contributed by atoms with van der Waals surface area (Å²) in [6.45, 7) is -1.66. The van der Waals surface area contributed by atoms with Gasteiger partial charge in [0.05, 0.1) is 34.6 Å². The summed E-state index contributed by atoms with van der Waals surface area (Å²) in [6.07, 6.45) is -14.6. The van der Waals surface area contributed by atoms with Gasteiger partial charge in [-0.15, -0.1) is 4.37 Å². The number of hydrogen-bond acceptors (Lipinski definition) is 7. The first-order chi connectivity index (χ1) is 18.1. The zero-order valence-corrected chi connectivity index (χ0v) is 17.1. The summed E-state index contributed by atoms with van der Waals surface area (Å²) in [5.74, 6) is -0.535. The van der Waals surface area contributed by atoms with E-state index in [1.807, 2.05) is 0 Å². The largest absolute Gasteiger partial charge is 0.513 e. The van der Waals surface area contributed by atoms with Gasteiger partial charge >= 0.3 is 6.16 Å². The Morgan fingerprint density at radius 3 is 2.93 bits per heavy atom. The molecule has 28 heavy (non-hydrogen) atoms. The highest BCUT2D eigenvalue weighted by Crippen LogP contribution is 2.30. The third-order valence-electron chi connectivity index (χ3n) is 3.64. The Morgan fingerprint density at radius 1 is 1.36 bits per heavy atom. The first-order valence-electron chi connectivity index (χ1n) is 15.0. The minimum absolute atomic E-state index is 0.00242. The quantitative estimate of drug-likeness (QED) is 0.424. The lowest BCUT2D eigenvalue weighted by molar-refractivity contribution is -0.919. The van der Waals surface area contributed by atoms with Crippen LogP contribution in [0.25, 0.3) is 5.57 Å². The molecule has 0 saturated carbocycles. The van der Waals surface area contributed by atoms with Crippen LogP contribution < -0.4 is 4.74 Å². The number of carbonyl (C=O) groups excluding carboxylic acids is 1. The van der Waals surface area contributed by atoms with Crippen molar-refractivity contribution >= 4 is 23.5 Å². The van der Waals surface area contributed by atoms with Crippen molar-refractivity contribution in [1.29, 1.82) is 0 Å². The van der Waals surface area contributed by atoms with Crippen molar-refractivity contribution in [3.05, 3.63) is 11.8 Å². The fraction of sp³-hybridized carbons (Fsp3) is 0.750. The van der Waals surface area contributed by atoms with E-state index in [1.165, 1.54) is 0 Å². The predicted octanol–water partition coefficient (Wildman–Crippen LogP) is 4.64. The van der Waals surface area contributed by atoms with E-state index < -0.39 is 56.5 Å². The number of nitrogens with zero attached hydrogens (tertiary/aromatic N) is 3. The van der Waals surface area contributed by atoms with Crippen LogP contribution in [-0.2, 0) is 9.47 Å². The summed E-state index contributed by atoms with van der Waals surface area (Å²) in [5, 5.41) is 0. The van der Waals surface area contributed by atoms with Crippen LogP contribution in [-0.4, -0.2) is 58.4 Å². The van der Waals surface area contributed by atoms with Crippen molar-refractivity contribution in [1.82, 2.24) is 8.75 Å². The number of likely N-dealkylation sites (N-methyl/N-ethyl adjacent to an activating group) is 1. The zero-order chi connectivity index (χ0) is 32.1. The molecule has 7 nitrogen and oxygen atoms in total. The molecule has 0 N–H and O–H groups in total. The molecular formula is C20H34N3O4S+. The second kappa shape index (κ2) is 10.2. The van der Waals surface area contributed by atoms with E-state index in [0.29, 0.717) is 30.3 Å². The van der Waals surface area contributed by atoms with Gasteiger partial charge in [0.2, 0.25) is 6.73 Å². The monoisotopic (exact) mass is 425 g/mol. The molecule has 1 aromatic rings. The Morgan fingerprint density at radius 2 is 2.18 bits per heavy atom. The van der Waals surface area contributed by atoms with Crippen LogP contribution in [0.5, 0.6) is 5.88 Å². The van der Waals surface area contributed by atoms with Crippen molar-refractivity contribution < 1.29 is 41.3 Å². The maximum Gasteiger partial charge on any atom is 0.513 e. The number of ether oxygens (including phenoxy) is 3. The molecule has 158 valence electrons. The molecule has 0 saturated heterocycles. The minimum atomic E-state index is -4.07. The predicted molar refractivity (Wildman–Crippen MR) is 110 cm³/mol. The Bertz CT molecular complexity index is 1150. The molecule has 0 aliphatic carbocycles. The third kappa shape index (κ3) is 7.39. The molecule has 2 heterocycles. The first kappa shape index (κ1) is 10.4. The van der Waals surface area contributed by atoms with Gasteiger partial charge in [0.1, 0.15) is 17.8 Å². The standard InChI is InChI=1S/C20H34N3O4S/c1-6-7-8-9-13-25-18-17(21-28-22-18)16-11-10-12-23(5,14-16)15-26-19(24)27-20(2,3)4/h11H,6-10,12-15H2,1-5H3/q+1/i1D3,6D2,7D2,8D2,9D2,13D2. The minimum Gasteiger partial charge on any atom is -0.475 e. The number of quaternary nitrogens is 1. The number of aromatic nitrogens is 2. The number of carbonyl (C=O) groups is 1. The van der Waals surface area contributed by atoms with Crippen molar-refractivity contribution in [3.63, 3.8) is 0 Å². The summed E-state index contributed by atoms with van der Waals surface area (Å²) >= 11 is 0.587. The van der Waals surface area contributed by atoms with Gasteiger partial charge in [-0.05, 0) is 27.1 Å². The number of hydrogen-bond donors (Lipinski definition) is 0. The van der Waals surface area contributed by atoms with E-state index >= 15 is 0 Å². The molecule has 1 aliphatic rings. The smallest absolute Gasteiger partial charge is 0.475 e. The van der Waals surface area contributed by atoms with Crippen molar-refractivity contribution in [3.8, 4) is 5.88 Å². The van der Waals surface area contributed by atoms with E-state index in [2.05, 4.69) is 8.75 Å². The van der Waals surface area contributed by atoms with Gasteiger partial charge in [0.25, 0.3) is 5.88 Å². The molecule has 0 amide bonds. The van der Waals surface area contributed by atoms with Crippen LogP contribution in [0.4, 0.5) is 4.79 Å². The molecule has 1 atom stereocenters. The lowest BCUT2D eigenvalue weighted by Gasteiger charge is -2.36. The van der Waals surface area contributed by atoms with Gasteiger partial charge in [-0.3, -0.25) is 4.48 Å². The number of rotatable bonds is 9. The van der Waals surface area contributed by atoms with E-state index in [1.54, 1.807) is 33.9 Å². The van der Waals surface area contributed by atoms with Gasteiger partial charge in [-0.1, -0.05) is 32.0 Å². The Kier molecular flexibility index (Phi) is 3.79. The fourth-order valence-corrected chi connectivity index (χ4v) is 3.00. The molecular weight excluding hydrogens is 378 g/mol.